The monoisotopic (exact) mass is 647 g/mol. The molecule has 0 aliphatic carbocycles. The first-order chi connectivity index (χ1) is 20.5. The Morgan fingerprint density at radius 2 is 1.00 bits per heavy atom. The summed E-state index contributed by atoms with van der Waals surface area (Å²) >= 11 is 0. The van der Waals surface area contributed by atoms with Crippen LogP contribution in [0.2, 0.25) is 0 Å². The average Bonchev–Trinajstić information content (AvgIpc) is 3.77. The Morgan fingerprint density at radius 1 is 0.581 bits per heavy atom. The fraction of sp³-hybridized carbons (Fsp3) is 0.0811. The van der Waals surface area contributed by atoms with E-state index in [2.05, 4.69) is 97.5 Å². The molecule has 0 bridgehead atoms. The van der Waals surface area contributed by atoms with Crippen LogP contribution in [-0.2, 0) is 17.1 Å². The molecule has 6 heteroatoms. The molecule has 0 aromatic heterocycles. The summed E-state index contributed by atoms with van der Waals surface area (Å²) < 4.78 is 30.0. The van der Waals surface area contributed by atoms with Gasteiger partial charge < -0.3 is 30.3 Å². The summed E-state index contributed by atoms with van der Waals surface area (Å²) in [5.41, 5.74) is 1.28. The van der Waals surface area contributed by atoms with Crippen LogP contribution in [0, 0.1) is 11.6 Å². The summed E-state index contributed by atoms with van der Waals surface area (Å²) in [4.78, 5) is 0. The van der Waals surface area contributed by atoms with E-state index in [4.69, 9.17) is 0 Å². The van der Waals surface area contributed by atoms with E-state index in [1.807, 2.05) is 54.6 Å². The summed E-state index contributed by atoms with van der Waals surface area (Å²) in [5.74, 6) is -0.522. The molecule has 0 saturated carbocycles. The van der Waals surface area contributed by atoms with Crippen molar-refractivity contribution in [3.63, 3.8) is 0 Å². The molecule has 6 rings (SSSR count). The number of halogens is 2. The third kappa shape index (κ3) is 8.24. The van der Waals surface area contributed by atoms with Gasteiger partial charge >= 0.3 is 0 Å². The average molecular weight is 647 g/mol. The molecular formula is C37H33F2FeNP2-6. The molecule has 0 aliphatic rings. The molecule has 0 unspecified atom stereocenters. The number of nitrogens with zero attached hydrogens (tertiary/aromatic N) is 1. The summed E-state index contributed by atoms with van der Waals surface area (Å²) in [6.45, 7) is 2.23. The summed E-state index contributed by atoms with van der Waals surface area (Å²) in [6, 6.07) is 51.5. The Bertz CT molecular complexity index is 1520. The minimum atomic E-state index is -1.01. The predicted octanol–water partition coefficient (Wildman–Crippen LogP) is 7.89. The Morgan fingerprint density at radius 3 is 1.42 bits per heavy atom. The van der Waals surface area contributed by atoms with Crippen molar-refractivity contribution in [1.29, 1.82) is 0 Å². The first kappa shape index (κ1) is 32.7. The second kappa shape index (κ2) is 16.0. The van der Waals surface area contributed by atoms with Crippen LogP contribution in [0.1, 0.15) is 18.5 Å². The smallest absolute Gasteiger partial charge is 0.123 e. The van der Waals surface area contributed by atoms with Crippen molar-refractivity contribution in [2.75, 3.05) is 7.05 Å². The SMILES string of the molecule is C[C@H]([c-]1cccc1P(c1ccccc1)c1ccccc1)N(C)P(c1ccc(F)cc1)c1ccc(F)cc1.[Fe].[cH-]1[cH-][cH-][cH-][cH-]1. The molecule has 0 saturated heterocycles. The Hall–Kier alpha value is -3.22. The van der Waals surface area contributed by atoms with Crippen LogP contribution in [0.4, 0.5) is 8.78 Å². The fourth-order valence-corrected chi connectivity index (χ4v) is 9.85. The maximum absolute atomic E-state index is 13.8. The quantitative estimate of drug-likeness (QED) is 0.0924. The second-order valence-electron chi connectivity index (χ2n) is 9.85. The number of benzene rings is 4. The van der Waals surface area contributed by atoms with Crippen LogP contribution in [0.15, 0.2) is 158 Å². The molecule has 0 aliphatic heterocycles. The van der Waals surface area contributed by atoms with Gasteiger partial charge in [0.05, 0.1) is 0 Å². The zero-order valence-corrected chi connectivity index (χ0v) is 26.9. The van der Waals surface area contributed by atoms with E-state index in [1.165, 1.54) is 45.7 Å². The van der Waals surface area contributed by atoms with Crippen LogP contribution in [-0.4, -0.2) is 11.7 Å². The molecule has 1 atom stereocenters. The molecule has 0 fully saturated rings. The summed E-state index contributed by atoms with van der Waals surface area (Å²) in [5, 5.41) is 6.01. The van der Waals surface area contributed by atoms with Gasteiger partial charge in [-0.3, -0.25) is 4.67 Å². The van der Waals surface area contributed by atoms with Gasteiger partial charge in [0.2, 0.25) is 0 Å². The van der Waals surface area contributed by atoms with Crippen molar-refractivity contribution in [2.24, 2.45) is 0 Å². The van der Waals surface area contributed by atoms with Gasteiger partial charge in [-0.2, -0.15) is 6.07 Å². The molecule has 6 aromatic carbocycles. The van der Waals surface area contributed by atoms with Crippen LogP contribution in [0.5, 0.6) is 0 Å². The number of rotatable bonds is 8. The van der Waals surface area contributed by atoms with Gasteiger partial charge in [0.15, 0.2) is 0 Å². The van der Waals surface area contributed by atoms with Crippen LogP contribution >= 0.6 is 16.0 Å². The zero-order valence-electron chi connectivity index (χ0n) is 24.0. The van der Waals surface area contributed by atoms with Crippen molar-refractivity contribution in [3.05, 3.63) is 175 Å². The molecule has 6 aromatic rings. The van der Waals surface area contributed by atoms with Crippen LogP contribution in [0.3, 0.4) is 0 Å². The third-order valence-electron chi connectivity index (χ3n) is 7.12. The standard InChI is InChI=1S/C32H28F2NP2.C5H5.Fe/c1-24(35(2)37(29-20-16-25(33)17-21-29)30-22-18-26(34)19-23-30)31-14-9-15-32(31)36(27-10-5-3-6-11-27)28-12-7-4-8-13-28;1-2-4-5-3-1;/h3-24H,1-2H3;1-5H;/q-1;-5;/t24-;;/m1../s1. The topological polar surface area (TPSA) is 3.24 Å². The zero-order chi connectivity index (χ0) is 29.3. The van der Waals surface area contributed by atoms with Gasteiger partial charge in [0.1, 0.15) is 11.6 Å². The van der Waals surface area contributed by atoms with E-state index in [9.17, 15) is 8.78 Å². The van der Waals surface area contributed by atoms with Gasteiger partial charge in [-0.25, -0.2) is 20.9 Å². The van der Waals surface area contributed by atoms with E-state index >= 15 is 0 Å². The van der Waals surface area contributed by atoms with E-state index in [-0.39, 0.29) is 34.7 Å². The molecular weight excluding hydrogens is 614 g/mol. The molecule has 43 heavy (non-hydrogen) atoms. The molecule has 0 radical (unpaired) electrons. The second-order valence-corrected chi connectivity index (χ2v) is 14.3. The minimum absolute atomic E-state index is 0. The van der Waals surface area contributed by atoms with Crippen LogP contribution in [0.25, 0.3) is 0 Å². The number of hydrogen-bond acceptors (Lipinski definition) is 1. The molecule has 1 nitrogen and oxygen atoms in total. The predicted molar refractivity (Wildman–Crippen MR) is 178 cm³/mol. The molecule has 224 valence electrons. The molecule has 0 amide bonds. The van der Waals surface area contributed by atoms with Crippen molar-refractivity contribution in [1.82, 2.24) is 4.67 Å². The van der Waals surface area contributed by atoms with E-state index in [0.717, 1.165) is 10.6 Å². The maximum Gasteiger partial charge on any atom is 0.123 e. The van der Waals surface area contributed by atoms with Crippen molar-refractivity contribution >= 4 is 42.5 Å². The van der Waals surface area contributed by atoms with E-state index < -0.39 is 16.0 Å². The first-order valence-electron chi connectivity index (χ1n) is 13.9. The largest absolute Gasteiger partial charge is 0.748 e. The molecule has 0 heterocycles. The summed E-state index contributed by atoms with van der Waals surface area (Å²) in [6.07, 6.45) is 0. The van der Waals surface area contributed by atoms with Crippen molar-refractivity contribution in [3.8, 4) is 0 Å². The summed E-state index contributed by atoms with van der Waals surface area (Å²) in [7, 11) is 0.362. The molecule has 0 spiro atoms. The minimum Gasteiger partial charge on any atom is -0.748 e. The van der Waals surface area contributed by atoms with Gasteiger partial charge in [0.25, 0.3) is 0 Å². The maximum atomic E-state index is 13.8. The Balaban J connectivity index is 0.000000641. The number of hydrogen-bond donors (Lipinski definition) is 0. The van der Waals surface area contributed by atoms with Crippen molar-refractivity contribution in [2.45, 2.75) is 13.0 Å². The van der Waals surface area contributed by atoms with Gasteiger partial charge in [0, 0.05) is 25.1 Å². The van der Waals surface area contributed by atoms with Gasteiger partial charge in [-0.15, -0.1) is 10.9 Å². The third-order valence-corrected chi connectivity index (χ3v) is 12.2. The van der Waals surface area contributed by atoms with E-state index in [0.29, 0.717) is 0 Å². The Labute approximate surface area is 267 Å². The van der Waals surface area contributed by atoms with Gasteiger partial charge in [-0.05, 0) is 66.5 Å². The molecule has 0 N–H and O–H groups in total. The van der Waals surface area contributed by atoms with Crippen LogP contribution < -0.4 is 26.5 Å². The van der Waals surface area contributed by atoms with E-state index in [1.54, 1.807) is 0 Å². The fourth-order valence-electron chi connectivity index (χ4n) is 4.94. The van der Waals surface area contributed by atoms with Crippen molar-refractivity contribution < 1.29 is 25.8 Å². The normalized spacial score (nSPS) is 11.6. The van der Waals surface area contributed by atoms with Gasteiger partial charge in [-0.1, -0.05) is 91.9 Å². The first-order valence-corrected chi connectivity index (χ1v) is 16.5. The Kier molecular flexibility index (Phi) is 12.2.